The number of nitrogens with two attached hydrogens (primary N) is 1. The van der Waals surface area contributed by atoms with Crippen molar-refractivity contribution in [3.05, 3.63) is 23.8 Å². The number of ether oxygens (including phenoxy) is 2. The summed E-state index contributed by atoms with van der Waals surface area (Å²) in [6, 6.07) is 6.13. The van der Waals surface area contributed by atoms with E-state index in [2.05, 4.69) is 24.1 Å². The van der Waals surface area contributed by atoms with Gasteiger partial charge in [0.25, 0.3) is 0 Å². The zero-order chi connectivity index (χ0) is 13.0. The third-order valence-electron chi connectivity index (χ3n) is 3.22. The van der Waals surface area contributed by atoms with Gasteiger partial charge < -0.3 is 15.2 Å². The van der Waals surface area contributed by atoms with Crippen molar-refractivity contribution in [2.24, 2.45) is 5.73 Å². The molecule has 0 atom stereocenters. The van der Waals surface area contributed by atoms with Crippen LogP contribution in [0.4, 0.5) is 0 Å². The van der Waals surface area contributed by atoms with Crippen molar-refractivity contribution in [3.63, 3.8) is 0 Å². The minimum Gasteiger partial charge on any atom is -0.493 e. The predicted molar refractivity (Wildman–Crippen MR) is 72.3 cm³/mol. The van der Waals surface area contributed by atoms with Crippen molar-refractivity contribution in [1.82, 2.24) is 4.90 Å². The van der Waals surface area contributed by atoms with Crippen LogP contribution in [0.3, 0.4) is 0 Å². The molecule has 1 aliphatic rings. The Hall–Kier alpha value is -1.26. The van der Waals surface area contributed by atoms with E-state index in [1.807, 2.05) is 6.07 Å². The second kappa shape index (κ2) is 6.07. The molecule has 100 valence electrons. The molecule has 0 aromatic heterocycles. The Morgan fingerprint density at radius 3 is 2.72 bits per heavy atom. The number of likely N-dealkylation sites (N-methyl/N-ethyl adjacent to an activating group) is 1. The molecule has 1 saturated heterocycles. The van der Waals surface area contributed by atoms with Crippen LogP contribution in [0.2, 0.25) is 0 Å². The average molecular weight is 250 g/mol. The Balaban J connectivity index is 2.04. The van der Waals surface area contributed by atoms with Crippen LogP contribution in [0.1, 0.15) is 12.0 Å². The van der Waals surface area contributed by atoms with Crippen LogP contribution in [0.15, 0.2) is 18.2 Å². The van der Waals surface area contributed by atoms with Crippen molar-refractivity contribution in [3.8, 4) is 11.5 Å². The molecule has 0 bridgehead atoms. The molecule has 1 aromatic rings. The maximum absolute atomic E-state index is 5.97. The zero-order valence-corrected chi connectivity index (χ0v) is 11.2. The van der Waals surface area contributed by atoms with Crippen LogP contribution >= 0.6 is 0 Å². The molecule has 4 nitrogen and oxygen atoms in total. The van der Waals surface area contributed by atoms with Gasteiger partial charge in [0.05, 0.1) is 7.11 Å². The molecule has 0 saturated carbocycles. The maximum atomic E-state index is 5.97. The standard InChI is InChI=1S/C14H22N2O2/c1-16-9-12(10-16)18-14-8-11(4-3-7-15)5-6-13(14)17-2/h5-6,8,12H,3-4,7,9-10,15H2,1-2H3. The van der Waals surface area contributed by atoms with Gasteiger partial charge in [-0.05, 0) is 44.1 Å². The number of nitrogens with zero attached hydrogens (tertiary/aromatic N) is 1. The summed E-state index contributed by atoms with van der Waals surface area (Å²) in [5.74, 6) is 1.66. The summed E-state index contributed by atoms with van der Waals surface area (Å²) in [6.07, 6.45) is 2.27. The molecule has 18 heavy (non-hydrogen) atoms. The highest BCUT2D eigenvalue weighted by Gasteiger charge is 2.25. The van der Waals surface area contributed by atoms with Crippen LogP contribution in [0, 0.1) is 0 Å². The fourth-order valence-electron chi connectivity index (χ4n) is 2.17. The fraction of sp³-hybridized carbons (Fsp3) is 0.571. The predicted octanol–water partition coefficient (Wildman–Crippen LogP) is 1.28. The van der Waals surface area contributed by atoms with Crippen LogP contribution in [-0.4, -0.2) is 44.8 Å². The number of methoxy groups -OCH3 is 1. The summed E-state index contributed by atoms with van der Waals surface area (Å²) in [7, 11) is 3.77. The Labute approximate surface area is 109 Å². The van der Waals surface area contributed by atoms with Crippen molar-refractivity contribution in [2.75, 3.05) is 33.8 Å². The van der Waals surface area contributed by atoms with E-state index in [9.17, 15) is 0 Å². The number of benzene rings is 1. The highest BCUT2D eigenvalue weighted by atomic mass is 16.5. The van der Waals surface area contributed by atoms with Gasteiger partial charge in [-0.1, -0.05) is 6.07 Å². The van der Waals surface area contributed by atoms with E-state index < -0.39 is 0 Å². The van der Waals surface area contributed by atoms with Gasteiger partial charge >= 0.3 is 0 Å². The highest BCUT2D eigenvalue weighted by molar-refractivity contribution is 5.43. The Morgan fingerprint density at radius 1 is 1.33 bits per heavy atom. The normalized spacial score (nSPS) is 16.4. The summed E-state index contributed by atoms with van der Waals surface area (Å²) >= 11 is 0. The van der Waals surface area contributed by atoms with Gasteiger partial charge in [0.15, 0.2) is 11.5 Å². The van der Waals surface area contributed by atoms with E-state index in [1.165, 1.54) is 5.56 Å². The molecule has 0 amide bonds. The lowest BCUT2D eigenvalue weighted by Gasteiger charge is -2.36. The molecule has 4 heteroatoms. The SMILES string of the molecule is COc1ccc(CCCN)cc1OC1CN(C)C1. The van der Waals surface area contributed by atoms with Gasteiger partial charge in [-0.3, -0.25) is 4.90 Å². The van der Waals surface area contributed by atoms with E-state index >= 15 is 0 Å². The topological polar surface area (TPSA) is 47.7 Å². The summed E-state index contributed by atoms with van der Waals surface area (Å²) < 4.78 is 11.3. The fourth-order valence-corrected chi connectivity index (χ4v) is 2.17. The molecule has 1 heterocycles. The quantitative estimate of drug-likeness (QED) is 0.826. The van der Waals surface area contributed by atoms with Gasteiger partial charge in [-0.15, -0.1) is 0 Å². The van der Waals surface area contributed by atoms with Crippen LogP contribution in [-0.2, 0) is 6.42 Å². The minimum atomic E-state index is 0.286. The Kier molecular flexibility index (Phi) is 4.44. The third kappa shape index (κ3) is 3.15. The average Bonchev–Trinajstić information content (AvgIpc) is 2.35. The summed E-state index contributed by atoms with van der Waals surface area (Å²) in [5.41, 5.74) is 6.79. The van der Waals surface area contributed by atoms with Gasteiger partial charge in [-0.2, -0.15) is 0 Å². The maximum Gasteiger partial charge on any atom is 0.161 e. The van der Waals surface area contributed by atoms with Gasteiger partial charge in [0, 0.05) is 13.1 Å². The number of aryl methyl sites for hydroxylation is 1. The monoisotopic (exact) mass is 250 g/mol. The first-order valence-corrected chi connectivity index (χ1v) is 6.45. The lowest BCUT2D eigenvalue weighted by molar-refractivity contribution is 0.0369. The molecule has 1 aromatic carbocycles. The van der Waals surface area contributed by atoms with Crippen molar-refractivity contribution in [1.29, 1.82) is 0 Å². The molecule has 0 spiro atoms. The first-order valence-electron chi connectivity index (χ1n) is 6.45. The third-order valence-corrected chi connectivity index (χ3v) is 3.22. The largest absolute Gasteiger partial charge is 0.493 e. The highest BCUT2D eigenvalue weighted by Crippen LogP contribution is 2.30. The molecule has 0 radical (unpaired) electrons. The number of hydrogen-bond donors (Lipinski definition) is 1. The van der Waals surface area contributed by atoms with Crippen molar-refractivity contribution < 1.29 is 9.47 Å². The van der Waals surface area contributed by atoms with E-state index in [0.717, 1.165) is 44.0 Å². The summed E-state index contributed by atoms with van der Waals surface area (Å²) in [6.45, 7) is 2.68. The van der Waals surface area contributed by atoms with Gasteiger partial charge in [0.1, 0.15) is 6.10 Å². The minimum absolute atomic E-state index is 0.286. The molecular formula is C14H22N2O2. The second-order valence-electron chi connectivity index (χ2n) is 4.84. The molecule has 1 aliphatic heterocycles. The van der Waals surface area contributed by atoms with Crippen LogP contribution < -0.4 is 15.2 Å². The number of likely N-dealkylation sites (tertiary alicyclic amines) is 1. The molecule has 0 unspecified atom stereocenters. The van der Waals surface area contributed by atoms with E-state index in [-0.39, 0.29) is 6.10 Å². The lowest BCUT2D eigenvalue weighted by atomic mass is 10.1. The van der Waals surface area contributed by atoms with E-state index in [0.29, 0.717) is 0 Å². The van der Waals surface area contributed by atoms with E-state index in [1.54, 1.807) is 7.11 Å². The first kappa shape index (κ1) is 13.2. The molecular weight excluding hydrogens is 228 g/mol. The lowest BCUT2D eigenvalue weighted by Crippen LogP contribution is -2.51. The Bertz CT molecular complexity index is 389. The number of rotatable bonds is 6. The molecule has 2 rings (SSSR count). The number of hydrogen-bond acceptors (Lipinski definition) is 4. The zero-order valence-electron chi connectivity index (χ0n) is 11.2. The van der Waals surface area contributed by atoms with Gasteiger partial charge in [0.2, 0.25) is 0 Å². The van der Waals surface area contributed by atoms with Crippen molar-refractivity contribution in [2.45, 2.75) is 18.9 Å². The second-order valence-corrected chi connectivity index (χ2v) is 4.84. The Morgan fingerprint density at radius 2 is 2.11 bits per heavy atom. The molecule has 2 N–H and O–H groups in total. The van der Waals surface area contributed by atoms with Crippen molar-refractivity contribution >= 4 is 0 Å². The van der Waals surface area contributed by atoms with Crippen LogP contribution in [0.25, 0.3) is 0 Å². The van der Waals surface area contributed by atoms with Crippen LogP contribution in [0.5, 0.6) is 11.5 Å². The molecule has 1 fully saturated rings. The summed E-state index contributed by atoms with van der Waals surface area (Å²) in [5, 5.41) is 0. The summed E-state index contributed by atoms with van der Waals surface area (Å²) in [4.78, 5) is 2.23. The van der Waals surface area contributed by atoms with Gasteiger partial charge in [-0.25, -0.2) is 0 Å². The molecule has 0 aliphatic carbocycles. The smallest absolute Gasteiger partial charge is 0.161 e. The van der Waals surface area contributed by atoms with E-state index in [4.69, 9.17) is 15.2 Å². The first-order chi connectivity index (χ1) is 8.72.